The van der Waals surface area contributed by atoms with E-state index in [1.54, 1.807) is 0 Å². The molecule has 0 spiro atoms. The van der Waals surface area contributed by atoms with Crippen molar-refractivity contribution in [1.29, 1.82) is 0 Å². The van der Waals surface area contributed by atoms with Gasteiger partial charge in [-0.05, 0) is 12.2 Å². The number of aliphatic hydroxyl groups is 2. The Balaban J connectivity index is 3.46. The summed E-state index contributed by atoms with van der Waals surface area (Å²) in [4.78, 5) is 0. The second kappa shape index (κ2) is 3.77. The summed E-state index contributed by atoms with van der Waals surface area (Å²) in [6.45, 7) is -0.382. The second-order valence-corrected chi connectivity index (χ2v) is 1.62. The molecule has 48 valence electrons. The highest BCUT2D eigenvalue weighted by Crippen LogP contribution is 1.86. The van der Waals surface area contributed by atoms with Crippen molar-refractivity contribution in [2.24, 2.45) is 0 Å². The summed E-state index contributed by atoms with van der Waals surface area (Å²) in [5.74, 6) is 0. The lowest BCUT2D eigenvalue weighted by Gasteiger charge is -2.05. The Hall–Kier alpha value is -0.190. The van der Waals surface area contributed by atoms with Gasteiger partial charge in [-0.3, -0.25) is 0 Å². The molecule has 0 aliphatic carbocycles. The molecule has 8 heavy (non-hydrogen) atoms. The number of ether oxygens (including phenoxy) is 1. The molecule has 0 amide bonds. The fourth-order valence-corrected chi connectivity index (χ4v) is 0.285. The van der Waals surface area contributed by atoms with E-state index < -0.39 is 6.10 Å². The quantitative estimate of drug-likeness (QED) is 0.493. The van der Waals surface area contributed by atoms with Crippen LogP contribution in [-0.2, 0) is 4.74 Å². The zero-order chi connectivity index (χ0) is 6.57. The highest BCUT2D eigenvalue weighted by molar-refractivity contribution is 7.80. The van der Waals surface area contributed by atoms with Crippen LogP contribution >= 0.6 is 12.2 Å². The molecule has 0 aliphatic rings. The molecule has 0 heterocycles. The third-order valence-electron chi connectivity index (χ3n) is 0.646. The number of rotatable bonds is 2. The van der Waals surface area contributed by atoms with Gasteiger partial charge in [-0.15, -0.1) is 0 Å². The van der Waals surface area contributed by atoms with Crippen molar-refractivity contribution in [1.82, 2.24) is 0 Å². The highest BCUT2D eigenvalue weighted by atomic mass is 32.1. The molecule has 3 nitrogen and oxygen atoms in total. The fourth-order valence-electron chi connectivity index (χ4n) is 0.211. The van der Waals surface area contributed by atoms with E-state index in [0.29, 0.717) is 0 Å². The Morgan fingerprint density at radius 3 is 2.50 bits per heavy atom. The highest BCUT2D eigenvalue weighted by Gasteiger charge is 2.06. The number of hydrogen-bond donors (Lipinski definition) is 2. The van der Waals surface area contributed by atoms with E-state index in [1.807, 2.05) is 0 Å². The number of thiocarbonyl (C=S) groups is 1. The predicted molar refractivity (Wildman–Crippen MR) is 32.7 cm³/mol. The lowest BCUT2D eigenvalue weighted by atomic mass is 10.4. The summed E-state index contributed by atoms with van der Waals surface area (Å²) < 4.78 is 4.42. The van der Waals surface area contributed by atoms with Crippen molar-refractivity contribution in [3.05, 3.63) is 0 Å². The summed E-state index contributed by atoms with van der Waals surface area (Å²) in [5, 5.41) is 16.8. The molecule has 4 heteroatoms. The summed E-state index contributed by atoms with van der Waals surface area (Å²) in [7, 11) is 1.35. The molecule has 0 aromatic carbocycles. The van der Waals surface area contributed by atoms with Crippen molar-refractivity contribution < 1.29 is 14.9 Å². The van der Waals surface area contributed by atoms with Crippen LogP contribution in [0.4, 0.5) is 0 Å². The molecule has 0 fully saturated rings. The van der Waals surface area contributed by atoms with Gasteiger partial charge in [0.15, 0.2) is 5.05 Å². The van der Waals surface area contributed by atoms with Crippen molar-refractivity contribution >= 4 is 17.3 Å². The molecule has 0 rings (SSSR count). The van der Waals surface area contributed by atoms with Gasteiger partial charge in [0, 0.05) is 0 Å². The minimum absolute atomic E-state index is 0.0208. The zero-order valence-corrected chi connectivity index (χ0v) is 5.31. The van der Waals surface area contributed by atoms with Crippen molar-refractivity contribution in [3.8, 4) is 0 Å². The van der Waals surface area contributed by atoms with Crippen LogP contribution in [0, 0.1) is 0 Å². The van der Waals surface area contributed by atoms with E-state index in [9.17, 15) is 0 Å². The Bertz CT molecular complexity index is 83.4. The van der Waals surface area contributed by atoms with Crippen molar-refractivity contribution in [2.75, 3.05) is 13.7 Å². The summed E-state index contributed by atoms with van der Waals surface area (Å²) in [6, 6.07) is 0. The molecule has 1 unspecified atom stereocenters. The molecule has 0 radical (unpaired) electrons. The standard InChI is InChI=1S/C4H8O3S/c1-7-4(8)3(6)2-5/h3,5-6H,2H2,1H3. The maximum atomic E-state index is 8.61. The van der Waals surface area contributed by atoms with E-state index in [2.05, 4.69) is 17.0 Å². The monoisotopic (exact) mass is 136 g/mol. The summed E-state index contributed by atoms with van der Waals surface area (Å²) in [6.07, 6.45) is -1.02. The first-order valence-corrected chi connectivity index (χ1v) is 2.50. The van der Waals surface area contributed by atoms with Crippen LogP contribution in [0.25, 0.3) is 0 Å². The Morgan fingerprint density at radius 1 is 1.88 bits per heavy atom. The van der Waals surface area contributed by atoms with Crippen LogP contribution in [0.5, 0.6) is 0 Å². The molecule has 0 saturated carbocycles. The average Bonchev–Trinajstić information content (AvgIpc) is 1.84. The molecule has 0 aliphatic heterocycles. The normalized spacial score (nSPS) is 12.9. The predicted octanol–water partition coefficient (Wildman–Crippen LogP) is -0.687. The van der Waals surface area contributed by atoms with Crippen LogP contribution < -0.4 is 0 Å². The first-order chi connectivity index (χ1) is 3.72. The summed E-state index contributed by atoms with van der Waals surface area (Å²) in [5.41, 5.74) is 0. The maximum absolute atomic E-state index is 8.61. The first kappa shape index (κ1) is 7.81. The third-order valence-corrected chi connectivity index (χ3v) is 1.08. The average molecular weight is 136 g/mol. The van der Waals surface area contributed by atoms with Gasteiger partial charge >= 0.3 is 0 Å². The number of hydrogen-bond acceptors (Lipinski definition) is 4. The smallest absolute Gasteiger partial charge is 0.190 e. The minimum atomic E-state index is -1.02. The van der Waals surface area contributed by atoms with Gasteiger partial charge < -0.3 is 14.9 Å². The van der Waals surface area contributed by atoms with E-state index in [-0.39, 0.29) is 11.7 Å². The Morgan fingerprint density at radius 2 is 2.38 bits per heavy atom. The minimum Gasteiger partial charge on any atom is -0.488 e. The van der Waals surface area contributed by atoms with Crippen molar-refractivity contribution in [3.63, 3.8) is 0 Å². The van der Waals surface area contributed by atoms with Gasteiger partial charge in [0.25, 0.3) is 0 Å². The SMILES string of the molecule is COC(=S)C(O)CO. The van der Waals surface area contributed by atoms with Crippen LogP contribution in [0.15, 0.2) is 0 Å². The van der Waals surface area contributed by atoms with E-state index >= 15 is 0 Å². The van der Waals surface area contributed by atoms with Gasteiger partial charge in [-0.1, -0.05) is 0 Å². The molecule has 0 aromatic heterocycles. The Kier molecular flexibility index (Phi) is 3.68. The van der Waals surface area contributed by atoms with Gasteiger partial charge in [0.05, 0.1) is 13.7 Å². The van der Waals surface area contributed by atoms with Crippen LogP contribution in [0.1, 0.15) is 0 Å². The molecule has 0 aromatic rings. The largest absolute Gasteiger partial charge is 0.488 e. The maximum Gasteiger partial charge on any atom is 0.190 e. The Labute approximate surface area is 52.9 Å². The van der Waals surface area contributed by atoms with Crippen LogP contribution in [0.3, 0.4) is 0 Å². The number of methoxy groups -OCH3 is 1. The molecule has 0 bridgehead atoms. The lowest BCUT2D eigenvalue weighted by molar-refractivity contribution is 0.128. The fraction of sp³-hybridized carbons (Fsp3) is 0.750. The lowest BCUT2D eigenvalue weighted by Crippen LogP contribution is -2.23. The topological polar surface area (TPSA) is 49.7 Å². The molecular formula is C4H8O3S. The molecule has 0 saturated heterocycles. The van der Waals surface area contributed by atoms with Gasteiger partial charge in [0.1, 0.15) is 6.10 Å². The molecular weight excluding hydrogens is 128 g/mol. The summed E-state index contributed by atoms with van der Waals surface area (Å²) >= 11 is 4.44. The molecule has 2 N–H and O–H groups in total. The van der Waals surface area contributed by atoms with Gasteiger partial charge in [-0.2, -0.15) is 0 Å². The zero-order valence-electron chi connectivity index (χ0n) is 4.50. The third kappa shape index (κ3) is 2.20. The van der Waals surface area contributed by atoms with Crippen LogP contribution in [0.2, 0.25) is 0 Å². The van der Waals surface area contributed by atoms with E-state index in [0.717, 1.165) is 0 Å². The van der Waals surface area contributed by atoms with E-state index in [1.165, 1.54) is 7.11 Å². The molecule has 1 atom stereocenters. The van der Waals surface area contributed by atoms with Gasteiger partial charge in [0.2, 0.25) is 0 Å². The first-order valence-electron chi connectivity index (χ1n) is 2.09. The van der Waals surface area contributed by atoms with Gasteiger partial charge in [-0.25, -0.2) is 0 Å². The number of aliphatic hydroxyl groups excluding tert-OH is 2. The van der Waals surface area contributed by atoms with Crippen LogP contribution in [-0.4, -0.2) is 35.1 Å². The van der Waals surface area contributed by atoms with Crippen molar-refractivity contribution in [2.45, 2.75) is 6.10 Å². The van der Waals surface area contributed by atoms with E-state index in [4.69, 9.17) is 10.2 Å². The second-order valence-electron chi connectivity index (χ2n) is 1.22.